The Morgan fingerprint density at radius 2 is 2.06 bits per heavy atom. The van der Waals surface area contributed by atoms with Crippen LogP contribution in [0.1, 0.15) is 36.9 Å². The lowest BCUT2D eigenvalue weighted by molar-refractivity contribution is -0.152. The molecule has 32 heavy (non-hydrogen) atoms. The maximum atomic E-state index is 12.6. The molecule has 12 heteroatoms. The van der Waals surface area contributed by atoms with E-state index in [0.29, 0.717) is 23.1 Å². The van der Waals surface area contributed by atoms with Gasteiger partial charge in [0.1, 0.15) is 12.4 Å². The van der Waals surface area contributed by atoms with Gasteiger partial charge in [0.05, 0.1) is 12.4 Å². The van der Waals surface area contributed by atoms with E-state index in [2.05, 4.69) is 30.3 Å². The zero-order valence-electron chi connectivity index (χ0n) is 17.3. The van der Waals surface area contributed by atoms with E-state index in [1.54, 1.807) is 28.8 Å². The highest BCUT2D eigenvalue weighted by Crippen LogP contribution is 2.37. The zero-order valence-corrected chi connectivity index (χ0v) is 17.3. The van der Waals surface area contributed by atoms with Crippen molar-refractivity contribution in [3.63, 3.8) is 0 Å². The Hall–Kier alpha value is -4.02. The molecular weight excluding hydrogens is 416 g/mol. The summed E-state index contributed by atoms with van der Waals surface area (Å²) >= 11 is 0. The number of fused-ring (bicyclic) bond motifs is 1. The molecule has 1 saturated heterocycles. The molecule has 12 nitrogen and oxygen atoms in total. The number of imidazole rings is 1. The molecule has 1 aromatic carbocycles. The lowest BCUT2D eigenvalue weighted by Gasteiger charge is -2.21. The molecule has 1 unspecified atom stereocenters. The Morgan fingerprint density at radius 1 is 1.28 bits per heavy atom. The Morgan fingerprint density at radius 3 is 2.75 bits per heavy atom. The standard InChI is InChI=1S/C20H20N8O4/c1-3-13-14(26-27-21)16(31-11(2)29)20(32-13)28-10-24-15-17(22-9-23-18(15)28)25-19(30)12-7-5-4-6-8-12/h4-10,13-14,16,20H,3H2,1-2H3,(H,22,23,25,30)/t13-,14+,16?,20-/m1/s1. The fourth-order valence-electron chi connectivity index (χ4n) is 3.70. The van der Waals surface area contributed by atoms with E-state index < -0.39 is 30.4 Å². The number of esters is 1. The molecular formula is C20H20N8O4. The van der Waals surface area contributed by atoms with Crippen LogP contribution < -0.4 is 5.32 Å². The van der Waals surface area contributed by atoms with Gasteiger partial charge in [-0.25, -0.2) is 15.0 Å². The van der Waals surface area contributed by atoms with Crippen molar-refractivity contribution in [3.8, 4) is 0 Å². The van der Waals surface area contributed by atoms with Crippen LogP contribution in [0, 0.1) is 0 Å². The predicted molar refractivity (Wildman–Crippen MR) is 112 cm³/mol. The predicted octanol–water partition coefficient (Wildman–Crippen LogP) is 3.00. The Kier molecular flexibility index (Phi) is 5.97. The summed E-state index contributed by atoms with van der Waals surface area (Å²) in [4.78, 5) is 39.9. The van der Waals surface area contributed by atoms with Gasteiger partial charge in [-0.05, 0) is 24.1 Å². The topological polar surface area (TPSA) is 157 Å². The van der Waals surface area contributed by atoms with E-state index in [0.717, 1.165) is 0 Å². The minimum Gasteiger partial charge on any atom is -0.457 e. The third kappa shape index (κ3) is 3.96. The highest BCUT2D eigenvalue weighted by Gasteiger charge is 2.47. The first-order chi connectivity index (χ1) is 15.5. The summed E-state index contributed by atoms with van der Waals surface area (Å²) in [7, 11) is 0. The number of anilines is 1. The molecule has 3 aromatic rings. The van der Waals surface area contributed by atoms with Crippen LogP contribution in [-0.2, 0) is 14.3 Å². The van der Waals surface area contributed by atoms with Gasteiger partial charge in [-0.15, -0.1) is 0 Å². The van der Waals surface area contributed by atoms with Crippen LogP contribution in [0.5, 0.6) is 0 Å². The molecule has 1 amide bonds. The number of amides is 1. The number of azide groups is 1. The molecule has 1 aliphatic heterocycles. The van der Waals surface area contributed by atoms with Crippen molar-refractivity contribution >= 4 is 28.9 Å². The molecule has 3 heterocycles. The number of benzene rings is 1. The number of hydrogen-bond acceptors (Lipinski definition) is 8. The lowest BCUT2D eigenvalue weighted by Crippen LogP contribution is -2.34. The van der Waals surface area contributed by atoms with Crippen LogP contribution in [0.25, 0.3) is 21.6 Å². The van der Waals surface area contributed by atoms with Crippen molar-refractivity contribution in [2.75, 3.05) is 5.32 Å². The van der Waals surface area contributed by atoms with E-state index in [1.807, 2.05) is 13.0 Å². The van der Waals surface area contributed by atoms with E-state index in [-0.39, 0.29) is 11.7 Å². The number of carbonyl (C=O) groups is 2. The van der Waals surface area contributed by atoms with Gasteiger partial charge < -0.3 is 14.8 Å². The van der Waals surface area contributed by atoms with Crippen molar-refractivity contribution in [2.45, 2.75) is 44.7 Å². The summed E-state index contributed by atoms with van der Waals surface area (Å²) in [6.45, 7) is 3.15. The number of carbonyl (C=O) groups excluding carboxylic acids is 2. The second-order valence-electron chi connectivity index (χ2n) is 7.11. The van der Waals surface area contributed by atoms with Gasteiger partial charge in [0.25, 0.3) is 5.91 Å². The van der Waals surface area contributed by atoms with Crippen LogP contribution in [0.3, 0.4) is 0 Å². The minimum atomic E-state index is -0.872. The van der Waals surface area contributed by atoms with Crippen LogP contribution in [0.4, 0.5) is 5.82 Å². The summed E-state index contributed by atoms with van der Waals surface area (Å²) in [6, 6.07) is 7.99. The van der Waals surface area contributed by atoms with Gasteiger partial charge in [-0.2, -0.15) is 0 Å². The molecule has 0 saturated carbocycles. The van der Waals surface area contributed by atoms with Gasteiger partial charge in [0.15, 0.2) is 29.3 Å². The minimum absolute atomic E-state index is 0.225. The number of nitrogens with zero attached hydrogens (tertiary/aromatic N) is 7. The van der Waals surface area contributed by atoms with Crippen molar-refractivity contribution in [2.24, 2.45) is 5.11 Å². The molecule has 2 aromatic heterocycles. The number of rotatable bonds is 6. The molecule has 0 bridgehead atoms. The Balaban J connectivity index is 1.70. The largest absolute Gasteiger partial charge is 0.457 e. The maximum Gasteiger partial charge on any atom is 0.303 e. The van der Waals surface area contributed by atoms with Crippen molar-refractivity contribution in [1.82, 2.24) is 19.5 Å². The monoisotopic (exact) mass is 436 g/mol. The first-order valence-electron chi connectivity index (χ1n) is 9.94. The second kappa shape index (κ2) is 9.00. The normalized spacial score (nSPS) is 22.3. The molecule has 164 valence electrons. The number of nitrogens with one attached hydrogen (secondary N) is 1. The molecule has 0 radical (unpaired) electrons. The molecule has 1 fully saturated rings. The van der Waals surface area contributed by atoms with Gasteiger partial charge >= 0.3 is 5.97 Å². The Labute approximate surface area is 182 Å². The molecule has 1 aliphatic rings. The summed E-state index contributed by atoms with van der Waals surface area (Å²) in [5.74, 6) is -0.652. The molecule has 0 aliphatic carbocycles. The average molecular weight is 436 g/mol. The third-order valence-corrected chi connectivity index (χ3v) is 5.10. The molecule has 1 N–H and O–H groups in total. The van der Waals surface area contributed by atoms with Crippen molar-refractivity contribution in [3.05, 3.63) is 59.0 Å². The third-order valence-electron chi connectivity index (χ3n) is 5.10. The molecule has 4 rings (SSSR count). The van der Waals surface area contributed by atoms with Crippen molar-refractivity contribution in [1.29, 1.82) is 0 Å². The van der Waals surface area contributed by atoms with Crippen LogP contribution in [0.15, 0.2) is 48.1 Å². The molecule has 4 atom stereocenters. The summed E-state index contributed by atoms with van der Waals surface area (Å²) in [5, 5.41) is 6.53. The van der Waals surface area contributed by atoms with Gasteiger partial charge in [0, 0.05) is 17.4 Å². The summed E-state index contributed by atoms with van der Waals surface area (Å²) in [5.41, 5.74) is 10.1. The highest BCUT2D eigenvalue weighted by molar-refractivity contribution is 6.06. The second-order valence-corrected chi connectivity index (χ2v) is 7.11. The van der Waals surface area contributed by atoms with Crippen LogP contribution in [0.2, 0.25) is 0 Å². The van der Waals surface area contributed by atoms with E-state index in [9.17, 15) is 9.59 Å². The number of aromatic nitrogens is 4. The zero-order chi connectivity index (χ0) is 22.7. The lowest BCUT2D eigenvalue weighted by atomic mass is 10.1. The number of hydrogen-bond donors (Lipinski definition) is 1. The first kappa shape index (κ1) is 21.2. The highest BCUT2D eigenvalue weighted by atomic mass is 16.6. The van der Waals surface area contributed by atoms with Gasteiger partial charge in [-0.3, -0.25) is 14.2 Å². The number of ether oxygens (including phenoxy) is 2. The van der Waals surface area contributed by atoms with Crippen LogP contribution in [-0.4, -0.2) is 49.6 Å². The van der Waals surface area contributed by atoms with E-state index >= 15 is 0 Å². The quantitative estimate of drug-likeness (QED) is 0.269. The van der Waals surface area contributed by atoms with Crippen molar-refractivity contribution < 1.29 is 19.1 Å². The molecule has 0 spiro atoms. The first-order valence-corrected chi connectivity index (χ1v) is 9.94. The van der Waals surface area contributed by atoms with E-state index in [4.69, 9.17) is 15.0 Å². The Bertz CT molecular complexity index is 1190. The average Bonchev–Trinajstić information content (AvgIpc) is 3.36. The summed E-state index contributed by atoms with van der Waals surface area (Å²) < 4.78 is 13.1. The smallest absolute Gasteiger partial charge is 0.303 e. The summed E-state index contributed by atoms with van der Waals surface area (Å²) in [6.07, 6.45) is 1.14. The van der Waals surface area contributed by atoms with E-state index in [1.165, 1.54) is 19.6 Å². The van der Waals surface area contributed by atoms with Gasteiger partial charge in [0.2, 0.25) is 0 Å². The van der Waals surface area contributed by atoms with Gasteiger partial charge in [-0.1, -0.05) is 30.2 Å². The fraction of sp³-hybridized carbons (Fsp3) is 0.350. The SMILES string of the molecule is CC[C@H]1O[C@@H](n2cnc3c(NC(=O)c4ccccc4)ncnc32)C(OC(C)=O)[C@H]1N=[N+]=[N-]. The van der Waals surface area contributed by atoms with Crippen LogP contribution >= 0.6 is 0 Å². The maximum absolute atomic E-state index is 12.6. The fourth-order valence-corrected chi connectivity index (χ4v) is 3.70.